The quantitative estimate of drug-likeness (QED) is 0.823. The van der Waals surface area contributed by atoms with Crippen molar-refractivity contribution in [3.8, 4) is 0 Å². The molecule has 0 spiro atoms. The highest BCUT2D eigenvalue weighted by molar-refractivity contribution is 7.90. The summed E-state index contributed by atoms with van der Waals surface area (Å²) in [6.45, 7) is 5.52. The van der Waals surface area contributed by atoms with Gasteiger partial charge in [-0.15, -0.1) is 0 Å². The highest BCUT2D eigenvalue weighted by atomic mass is 32.2. The first kappa shape index (κ1) is 12.2. The zero-order chi connectivity index (χ0) is 11.6. The maximum absolute atomic E-state index is 11.5. The van der Waals surface area contributed by atoms with E-state index in [2.05, 4.69) is 9.82 Å². The molecule has 6 heteroatoms. The number of aryl methyl sites for hydroxylation is 1. The summed E-state index contributed by atoms with van der Waals surface area (Å²) in [6.07, 6.45) is 1.68. The molecular formula is C9H17N3O2S. The molecule has 0 aliphatic carbocycles. The SMILES string of the molecule is Cc1c(CNS(=O)(=O)C(C)C)cnn1C. The highest BCUT2D eigenvalue weighted by Gasteiger charge is 2.15. The molecule has 15 heavy (non-hydrogen) atoms. The number of nitrogens with one attached hydrogen (secondary N) is 1. The summed E-state index contributed by atoms with van der Waals surface area (Å²) in [5.41, 5.74) is 1.88. The van der Waals surface area contributed by atoms with Crippen molar-refractivity contribution in [2.24, 2.45) is 7.05 Å². The molecule has 0 radical (unpaired) electrons. The summed E-state index contributed by atoms with van der Waals surface area (Å²) in [7, 11) is -1.36. The van der Waals surface area contributed by atoms with Crippen LogP contribution in [-0.4, -0.2) is 23.4 Å². The molecule has 0 saturated heterocycles. The summed E-state index contributed by atoms with van der Waals surface area (Å²) in [5, 5.41) is 3.64. The topological polar surface area (TPSA) is 64.0 Å². The van der Waals surface area contributed by atoms with Gasteiger partial charge in [-0.05, 0) is 20.8 Å². The lowest BCUT2D eigenvalue weighted by atomic mass is 10.3. The lowest BCUT2D eigenvalue weighted by Crippen LogP contribution is -2.30. The van der Waals surface area contributed by atoms with Gasteiger partial charge in [0.1, 0.15) is 0 Å². The van der Waals surface area contributed by atoms with Gasteiger partial charge in [0.25, 0.3) is 0 Å². The number of rotatable bonds is 4. The van der Waals surface area contributed by atoms with Crippen LogP contribution in [0.25, 0.3) is 0 Å². The van der Waals surface area contributed by atoms with Crippen molar-refractivity contribution in [2.45, 2.75) is 32.6 Å². The summed E-state index contributed by atoms with van der Waals surface area (Å²) in [4.78, 5) is 0. The van der Waals surface area contributed by atoms with Gasteiger partial charge in [0, 0.05) is 24.8 Å². The first-order valence-electron chi connectivity index (χ1n) is 4.80. The minimum absolute atomic E-state index is 0.306. The van der Waals surface area contributed by atoms with E-state index in [-0.39, 0.29) is 0 Å². The largest absolute Gasteiger partial charge is 0.273 e. The Morgan fingerprint density at radius 1 is 1.53 bits per heavy atom. The molecule has 0 saturated carbocycles. The van der Waals surface area contributed by atoms with Crippen molar-refractivity contribution in [1.82, 2.24) is 14.5 Å². The van der Waals surface area contributed by atoms with Crippen molar-refractivity contribution in [3.05, 3.63) is 17.5 Å². The van der Waals surface area contributed by atoms with E-state index in [0.717, 1.165) is 11.3 Å². The van der Waals surface area contributed by atoms with E-state index in [0.29, 0.717) is 6.54 Å². The van der Waals surface area contributed by atoms with Crippen molar-refractivity contribution in [3.63, 3.8) is 0 Å². The first-order valence-corrected chi connectivity index (χ1v) is 6.35. The lowest BCUT2D eigenvalue weighted by molar-refractivity contribution is 0.572. The van der Waals surface area contributed by atoms with E-state index in [1.165, 1.54) is 0 Å². The molecule has 1 aromatic rings. The molecule has 0 aromatic carbocycles. The highest BCUT2D eigenvalue weighted by Crippen LogP contribution is 2.06. The summed E-state index contributed by atoms with van der Waals surface area (Å²) in [6, 6.07) is 0. The van der Waals surface area contributed by atoms with Crippen LogP contribution < -0.4 is 4.72 Å². The van der Waals surface area contributed by atoms with Gasteiger partial charge in [0.05, 0.1) is 11.4 Å². The molecule has 86 valence electrons. The van der Waals surface area contributed by atoms with Gasteiger partial charge in [0.15, 0.2) is 0 Å². The average Bonchev–Trinajstić information content (AvgIpc) is 2.45. The third-order valence-corrected chi connectivity index (χ3v) is 4.21. The zero-order valence-electron chi connectivity index (χ0n) is 9.48. The molecule has 0 aliphatic heterocycles. The van der Waals surface area contributed by atoms with Gasteiger partial charge in [-0.3, -0.25) is 4.68 Å². The number of nitrogens with zero attached hydrogens (tertiary/aromatic N) is 2. The van der Waals surface area contributed by atoms with Crippen molar-refractivity contribution >= 4 is 10.0 Å². The third-order valence-electron chi connectivity index (χ3n) is 2.42. The Morgan fingerprint density at radius 2 is 2.13 bits per heavy atom. The molecule has 0 unspecified atom stereocenters. The fourth-order valence-electron chi connectivity index (χ4n) is 1.06. The van der Waals surface area contributed by atoms with E-state index in [9.17, 15) is 8.42 Å². The van der Waals surface area contributed by atoms with E-state index >= 15 is 0 Å². The summed E-state index contributed by atoms with van der Waals surface area (Å²) in [5.74, 6) is 0. The average molecular weight is 231 g/mol. The van der Waals surface area contributed by atoms with Crippen molar-refractivity contribution < 1.29 is 8.42 Å². The van der Waals surface area contributed by atoms with Crippen LogP contribution in [0.5, 0.6) is 0 Å². The maximum atomic E-state index is 11.5. The van der Waals surface area contributed by atoms with Gasteiger partial charge in [-0.1, -0.05) is 0 Å². The van der Waals surface area contributed by atoms with Crippen LogP contribution in [0.1, 0.15) is 25.1 Å². The van der Waals surface area contributed by atoms with E-state index in [1.54, 1.807) is 24.7 Å². The Hall–Kier alpha value is -0.880. The second kappa shape index (κ2) is 4.32. The third kappa shape index (κ3) is 2.79. The van der Waals surface area contributed by atoms with Crippen LogP contribution in [0.2, 0.25) is 0 Å². The zero-order valence-corrected chi connectivity index (χ0v) is 10.3. The van der Waals surface area contributed by atoms with E-state index in [1.807, 2.05) is 14.0 Å². The molecule has 5 nitrogen and oxygen atoms in total. The second-order valence-corrected chi connectivity index (χ2v) is 6.12. The predicted molar refractivity (Wildman–Crippen MR) is 58.8 cm³/mol. The molecule has 1 heterocycles. The maximum Gasteiger partial charge on any atom is 0.214 e. The molecule has 0 bridgehead atoms. The second-order valence-electron chi connectivity index (χ2n) is 3.79. The van der Waals surface area contributed by atoms with Gasteiger partial charge in [-0.25, -0.2) is 13.1 Å². The Kier molecular flexibility index (Phi) is 3.51. The number of aromatic nitrogens is 2. The minimum Gasteiger partial charge on any atom is -0.273 e. The van der Waals surface area contributed by atoms with Gasteiger partial charge in [0.2, 0.25) is 10.0 Å². The van der Waals surface area contributed by atoms with Crippen LogP contribution in [0.3, 0.4) is 0 Å². The van der Waals surface area contributed by atoms with Crippen LogP contribution in [0.15, 0.2) is 6.20 Å². The van der Waals surface area contributed by atoms with Gasteiger partial charge in [-0.2, -0.15) is 5.10 Å². The van der Waals surface area contributed by atoms with Crippen molar-refractivity contribution in [1.29, 1.82) is 0 Å². The minimum atomic E-state index is -3.19. The first-order chi connectivity index (χ1) is 6.84. The Morgan fingerprint density at radius 3 is 2.53 bits per heavy atom. The molecule has 1 rings (SSSR count). The molecule has 0 atom stereocenters. The number of sulfonamides is 1. The smallest absolute Gasteiger partial charge is 0.214 e. The molecule has 0 fully saturated rings. The Bertz CT molecular complexity index is 434. The Balaban J connectivity index is 2.70. The molecular weight excluding hydrogens is 214 g/mol. The van der Waals surface area contributed by atoms with Crippen LogP contribution in [0, 0.1) is 6.92 Å². The van der Waals surface area contributed by atoms with Crippen LogP contribution in [0.4, 0.5) is 0 Å². The van der Waals surface area contributed by atoms with Gasteiger partial charge < -0.3 is 0 Å². The monoisotopic (exact) mass is 231 g/mol. The summed E-state index contributed by atoms with van der Waals surface area (Å²) < 4.78 is 27.2. The fraction of sp³-hybridized carbons (Fsp3) is 0.667. The van der Waals surface area contributed by atoms with Crippen molar-refractivity contribution in [2.75, 3.05) is 0 Å². The molecule has 1 N–H and O–H groups in total. The standard InChI is InChI=1S/C9H17N3O2S/c1-7(2)15(13,14)11-6-9-5-10-12(4)8(9)3/h5,7,11H,6H2,1-4H3. The number of hydrogen-bond donors (Lipinski definition) is 1. The Labute approximate surface area is 90.5 Å². The molecule has 1 aromatic heterocycles. The van der Waals surface area contributed by atoms with Crippen LogP contribution >= 0.6 is 0 Å². The summed E-state index contributed by atoms with van der Waals surface area (Å²) >= 11 is 0. The lowest BCUT2D eigenvalue weighted by Gasteiger charge is -2.08. The normalized spacial score (nSPS) is 12.3. The van der Waals surface area contributed by atoms with E-state index < -0.39 is 15.3 Å². The van der Waals surface area contributed by atoms with E-state index in [4.69, 9.17) is 0 Å². The number of hydrogen-bond acceptors (Lipinski definition) is 3. The predicted octanol–water partition coefficient (Wildman–Crippen LogP) is 0.556. The fourth-order valence-corrected chi connectivity index (χ4v) is 1.75. The molecule has 0 amide bonds. The molecule has 0 aliphatic rings. The van der Waals surface area contributed by atoms with Crippen LogP contribution in [-0.2, 0) is 23.6 Å². The van der Waals surface area contributed by atoms with Gasteiger partial charge >= 0.3 is 0 Å².